The van der Waals surface area contributed by atoms with Gasteiger partial charge in [-0.15, -0.1) is 0 Å². The molecule has 1 aromatic rings. The average molecular weight is 252 g/mol. The van der Waals surface area contributed by atoms with Gasteiger partial charge >= 0.3 is 7.52 Å². The van der Waals surface area contributed by atoms with Crippen molar-refractivity contribution in [2.75, 3.05) is 13.2 Å². The number of benzene rings is 1. The van der Waals surface area contributed by atoms with Gasteiger partial charge in [-0.3, -0.25) is 4.57 Å². The van der Waals surface area contributed by atoms with E-state index in [1.54, 1.807) is 0 Å². The van der Waals surface area contributed by atoms with Gasteiger partial charge < -0.3 is 4.52 Å². The molecule has 0 radical (unpaired) electrons. The third-order valence-electron chi connectivity index (χ3n) is 3.43. The summed E-state index contributed by atoms with van der Waals surface area (Å²) in [6, 6.07) is 9.80. The van der Waals surface area contributed by atoms with Crippen LogP contribution in [0.25, 0.3) is 0 Å². The molecule has 2 unspecified atom stereocenters. The third-order valence-corrected chi connectivity index (χ3v) is 5.44. The molecule has 2 aliphatic heterocycles. The largest absolute Gasteiger partial charge is 0.313 e. The Labute approximate surface area is 101 Å². The van der Waals surface area contributed by atoms with E-state index in [0.29, 0.717) is 12.6 Å². The molecule has 2 fully saturated rings. The second-order valence-corrected chi connectivity index (χ2v) is 6.70. The topological polar surface area (TPSA) is 41.6 Å². The van der Waals surface area contributed by atoms with E-state index in [0.717, 1.165) is 24.7 Å². The number of rotatable bonds is 1. The van der Waals surface area contributed by atoms with Crippen molar-refractivity contribution in [1.29, 1.82) is 0 Å². The number of hydrogen-bond donors (Lipinski definition) is 1. The minimum absolute atomic E-state index is 0.384. The average Bonchev–Trinajstić information content (AvgIpc) is 2.40. The molecule has 0 aliphatic carbocycles. The SMILES string of the molecule is O=P1(c2ccccc2)NN2CCCCC2CO1. The highest BCUT2D eigenvalue weighted by molar-refractivity contribution is 7.65. The lowest BCUT2D eigenvalue weighted by molar-refractivity contribution is 0.0459. The molecule has 2 heterocycles. The Morgan fingerprint density at radius 2 is 2.12 bits per heavy atom. The van der Waals surface area contributed by atoms with Crippen LogP contribution in [0.2, 0.25) is 0 Å². The fourth-order valence-electron chi connectivity index (χ4n) is 2.45. The van der Waals surface area contributed by atoms with Gasteiger partial charge in [-0.05, 0) is 25.0 Å². The molecular formula is C12H17N2O2P. The normalized spacial score (nSPS) is 34.2. The van der Waals surface area contributed by atoms with E-state index in [1.807, 2.05) is 30.3 Å². The van der Waals surface area contributed by atoms with Crippen LogP contribution in [-0.2, 0) is 9.09 Å². The van der Waals surface area contributed by atoms with Crippen molar-refractivity contribution in [3.63, 3.8) is 0 Å². The van der Waals surface area contributed by atoms with Crippen molar-refractivity contribution in [2.45, 2.75) is 25.3 Å². The van der Waals surface area contributed by atoms with Crippen molar-refractivity contribution < 1.29 is 9.09 Å². The number of piperidine rings is 1. The van der Waals surface area contributed by atoms with Gasteiger partial charge in [0.05, 0.1) is 11.9 Å². The highest BCUT2D eigenvalue weighted by Gasteiger charge is 2.38. The Kier molecular flexibility index (Phi) is 3.05. The molecule has 3 rings (SSSR count). The van der Waals surface area contributed by atoms with Crippen LogP contribution in [0.5, 0.6) is 0 Å². The zero-order chi connectivity index (χ0) is 11.7. The van der Waals surface area contributed by atoms with Gasteiger partial charge in [-0.25, -0.2) is 5.01 Å². The van der Waals surface area contributed by atoms with Crippen molar-refractivity contribution in [3.05, 3.63) is 30.3 Å². The van der Waals surface area contributed by atoms with Crippen molar-refractivity contribution in [1.82, 2.24) is 10.2 Å². The first kappa shape index (κ1) is 11.4. The Bertz CT molecular complexity index is 437. The predicted octanol–water partition coefficient (Wildman–Crippen LogP) is 1.89. The summed E-state index contributed by atoms with van der Waals surface area (Å²) in [6.45, 7) is 1.53. The molecule has 4 nitrogen and oxygen atoms in total. The first-order valence-corrected chi connectivity index (χ1v) is 7.75. The number of hydrogen-bond acceptors (Lipinski definition) is 3. The molecule has 0 aromatic heterocycles. The van der Waals surface area contributed by atoms with E-state index in [9.17, 15) is 4.57 Å². The lowest BCUT2D eigenvalue weighted by atomic mass is 10.1. The monoisotopic (exact) mass is 252 g/mol. The molecule has 17 heavy (non-hydrogen) atoms. The fourth-order valence-corrected chi connectivity index (χ4v) is 4.32. The standard InChI is InChI=1S/C12H17N2O2P/c15-17(12-7-2-1-3-8-12)13-14-9-5-4-6-11(14)10-16-17/h1-3,7-8,11H,4-6,9-10H2,(H,13,15). The van der Waals surface area contributed by atoms with Crippen LogP contribution in [0.4, 0.5) is 0 Å². The molecule has 1 aromatic carbocycles. The first-order valence-electron chi connectivity index (χ1n) is 6.13. The number of nitrogens with one attached hydrogen (secondary N) is 1. The van der Waals surface area contributed by atoms with Crippen LogP contribution in [0, 0.1) is 0 Å². The van der Waals surface area contributed by atoms with E-state index in [4.69, 9.17) is 4.52 Å². The Morgan fingerprint density at radius 3 is 2.94 bits per heavy atom. The van der Waals surface area contributed by atoms with Crippen LogP contribution < -0.4 is 10.5 Å². The molecule has 0 spiro atoms. The smallest absolute Gasteiger partial charge is 0.312 e. The second kappa shape index (κ2) is 4.54. The van der Waals surface area contributed by atoms with Crippen LogP contribution in [0.3, 0.4) is 0 Å². The molecule has 0 bridgehead atoms. The van der Waals surface area contributed by atoms with E-state index >= 15 is 0 Å². The van der Waals surface area contributed by atoms with Crippen molar-refractivity contribution in [3.8, 4) is 0 Å². The van der Waals surface area contributed by atoms with Crippen molar-refractivity contribution >= 4 is 12.8 Å². The van der Waals surface area contributed by atoms with Crippen LogP contribution >= 0.6 is 7.52 Å². The Morgan fingerprint density at radius 1 is 1.29 bits per heavy atom. The van der Waals surface area contributed by atoms with Crippen LogP contribution in [0.1, 0.15) is 19.3 Å². The molecular weight excluding hydrogens is 235 g/mol. The zero-order valence-electron chi connectivity index (χ0n) is 9.71. The van der Waals surface area contributed by atoms with E-state index in [1.165, 1.54) is 6.42 Å². The van der Waals surface area contributed by atoms with Crippen LogP contribution in [0.15, 0.2) is 30.3 Å². The summed E-state index contributed by atoms with van der Waals surface area (Å²) < 4.78 is 18.3. The quantitative estimate of drug-likeness (QED) is 0.775. The molecule has 5 heteroatoms. The van der Waals surface area contributed by atoms with Gasteiger partial charge in [0.15, 0.2) is 0 Å². The lowest BCUT2D eigenvalue weighted by Gasteiger charge is -2.42. The highest BCUT2D eigenvalue weighted by atomic mass is 31.2. The summed E-state index contributed by atoms with van der Waals surface area (Å²) in [5, 5.41) is 5.98. The summed E-state index contributed by atoms with van der Waals surface area (Å²) in [5.41, 5.74) is 0. The number of nitrogens with zero attached hydrogens (tertiary/aromatic N) is 1. The minimum atomic E-state index is -2.88. The number of fused-ring (bicyclic) bond motifs is 1. The van der Waals surface area contributed by atoms with E-state index < -0.39 is 7.52 Å². The second-order valence-electron chi connectivity index (χ2n) is 4.63. The molecule has 2 saturated heterocycles. The first-order chi connectivity index (χ1) is 8.28. The summed E-state index contributed by atoms with van der Waals surface area (Å²) in [5.74, 6) is 0. The predicted molar refractivity (Wildman–Crippen MR) is 67.1 cm³/mol. The zero-order valence-corrected chi connectivity index (χ0v) is 10.6. The molecule has 92 valence electrons. The maximum absolute atomic E-state index is 12.7. The minimum Gasteiger partial charge on any atom is -0.312 e. The maximum Gasteiger partial charge on any atom is 0.313 e. The molecule has 0 amide bonds. The van der Waals surface area contributed by atoms with Crippen LogP contribution in [-0.4, -0.2) is 24.2 Å². The third kappa shape index (κ3) is 2.18. The summed E-state index contributed by atoms with van der Waals surface area (Å²) in [6.07, 6.45) is 3.53. The summed E-state index contributed by atoms with van der Waals surface area (Å²) >= 11 is 0. The maximum atomic E-state index is 12.7. The lowest BCUT2D eigenvalue weighted by Crippen LogP contribution is -2.54. The van der Waals surface area contributed by atoms with E-state index in [2.05, 4.69) is 10.2 Å². The van der Waals surface area contributed by atoms with Gasteiger partial charge in [-0.2, -0.15) is 5.20 Å². The van der Waals surface area contributed by atoms with Gasteiger partial charge in [-0.1, -0.05) is 24.6 Å². The Balaban J connectivity index is 1.83. The molecule has 0 saturated carbocycles. The molecule has 2 atom stereocenters. The molecule has 2 aliphatic rings. The fraction of sp³-hybridized carbons (Fsp3) is 0.500. The van der Waals surface area contributed by atoms with Gasteiger partial charge in [0.2, 0.25) is 0 Å². The summed E-state index contributed by atoms with van der Waals surface area (Å²) in [7, 11) is -2.88. The number of hydrazine groups is 1. The molecule has 1 N–H and O–H groups in total. The van der Waals surface area contributed by atoms with Gasteiger partial charge in [0.1, 0.15) is 0 Å². The van der Waals surface area contributed by atoms with Gasteiger partial charge in [0.25, 0.3) is 0 Å². The van der Waals surface area contributed by atoms with Gasteiger partial charge in [0, 0.05) is 12.6 Å². The Hall–Kier alpha value is -0.670. The highest BCUT2D eigenvalue weighted by Crippen LogP contribution is 2.45. The van der Waals surface area contributed by atoms with Crippen molar-refractivity contribution in [2.24, 2.45) is 0 Å². The van der Waals surface area contributed by atoms with E-state index in [-0.39, 0.29) is 0 Å². The summed E-state index contributed by atoms with van der Waals surface area (Å²) in [4.78, 5) is 0.